The summed E-state index contributed by atoms with van der Waals surface area (Å²) < 4.78 is 0. The Balaban J connectivity index is 2.12. The standard InChI is InChI=1S/C14H13ClN2O/c15-12-9-17-7-6-11(12)8-13(18)14(16)10-4-2-1-3-5-10/h1-7,9,14H,8,16H2/t14-/m1/s1. The summed E-state index contributed by atoms with van der Waals surface area (Å²) >= 11 is 5.96. The van der Waals surface area contributed by atoms with E-state index in [1.54, 1.807) is 12.3 Å². The molecular formula is C14H13ClN2O. The topological polar surface area (TPSA) is 56.0 Å². The third kappa shape index (κ3) is 2.94. The van der Waals surface area contributed by atoms with Gasteiger partial charge in [-0.1, -0.05) is 41.9 Å². The van der Waals surface area contributed by atoms with Crippen LogP contribution in [0.5, 0.6) is 0 Å². The van der Waals surface area contributed by atoms with E-state index in [1.165, 1.54) is 6.20 Å². The van der Waals surface area contributed by atoms with Crippen molar-refractivity contribution in [3.05, 3.63) is 64.9 Å². The van der Waals surface area contributed by atoms with E-state index in [2.05, 4.69) is 4.98 Å². The Kier molecular flexibility index (Phi) is 4.07. The van der Waals surface area contributed by atoms with Gasteiger partial charge in [0.2, 0.25) is 0 Å². The highest BCUT2D eigenvalue weighted by Crippen LogP contribution is 2.18. The van der Waals surface area contributed by atoms with Crippen molar-refractivity contribution >= 4 is 17.4 Å². The molecule has 0 unspecified atom stereocenters. The monoisotopic (exact) mass is 260 g/mol. The number of nitrogens with zero attached hydrogens (tertiary/aromatic N) is 1. The maximum absolute atomic E-state index is 12.1. The fourth-order valence-electron chi connectivity index (χ4n) is 1.69. The number of benzene rings is 1. The van der Waals surface area contributed by atoms with Crippen LogP contribution in [0.3, 0.4) is 0 Å². The van der Waals surface area contributed by atoms with Gasteiger partial charge in [0, 0.05) is 18.8 Å². The van der Waals surface area contributed by atoms with Gasteiger partial charge in [-0.25, -0.2) is 0 Å². The van der Waals surface area contributed by atoms with Crippen molar-refractivity contribution in [3.63, 3.8) is 0 Å². The molecule has 3 nitrogen and oxygen atoms in total. The van der Waals surface area contributed by atoms with E-state index >= 15 is 0 Å². The van der Waals surface area contributed by atoms with Crippen LogP contribution >= 0.6 is 11.6 Å². The van der Waals surface area contributed by atoms with Gasteiger partial charge < -0.3 is 5.73 Å². The smallest absolute Gasteiger partial charge is 0.158 e. The van der Waals surface area contributed by atoms with Crippen molar-refractivity contribution in [2.45, 2.75) is 12.5 Å². The Hall–Kier alpha value is -1.71. The van der Waals surface area contributed by atoms with E-state index in [0.717, 1.165) is 11.1 Å². The number of carbonyl (C=O) groups is 1. The van der Waals surface area contributed by atoms with Gasteiger partial charge in [-0.15, -0.1) is 0 Å². The van der Waals surface area contributed by atoms with Gasteiger partial charge in [-0.05, 0) is 17.2 Å². The largest absolute Gasteiger partial charge is 0.318 e. The van der Waals surface area contributed by atoms with Gasteiger partial charge in [-0.3, -0.25) is 9.78 Å². The number of hydrogen-bond donors (Lipinski definition) is 1. The summed E-state index contributed by atoms with van der Waals surface area (Å²) in [6.45, 7) is 0. The normalized spacial score (nSPS) is 12.1. The summed E-state index contributed by atoms with van der Waals surface area (Å²) in [4.78, 5) is 15.9. The van der Waals surface area contributed by atoms with E-state index in [1.807, 2.05) is 30.3 Å². The van der Waals surface area contributed by atoms with Crippen molar-refractivity contribution in [1.29, 1.82) is 0 Å². The number of pyridine rings is 1. The Morgan fingerprint density at radius 3 is 2.67 bits per heavy atom. The Morgan fingerprint density at radius 1 is 1.28 bits per heavy atom. The highest BCUT2D eigenvalue weighted by molar-refractivity contribution is 6.31. The number of rotatable bonds is 4. The summed E-state index contributed by atoms with van der Waals surface area (Å²) in [5.74, 6) is -0.0608. The molecule has 1 aromatic heterocycles. The maximum Gasteiger partial charge on any atom is 0.158 e. The summed E-state index contributed by atoms with van der Waals surface area (Å²) in [7, 11) is 0. The fraction of sp³-hybridized carbons (Fsp3) is 0.143. The molecule has 1 atom stereocenters. The van der Waals surface area contributed by atoms with Gasteiger partial charge in [0.25, 0.3) is 0 Å². The van der Waals surface area contributed by atoms with Gasteiger partial charge >= 0.3 is 0 Å². The molecule has 18 heavy (non-hydrogen) atoms. The Morgan fingerprint density at radius 2 is 2.00 bits per heavy atom. The predicted octanol–water partition coefficient (Wildman–Crippen LogP) is 2.55. The van der Waals surface area contributed by atoms with Gasteiger partial charge in [0.15, 0.2) is 5.78 Å². The molecular weight excluding hydrogens is 248 g/mol. The van der Waals surface area contributed by atoms with Gasteiger partial charge in [-0.2, -0.15) is 0 Å². The molecule has 0 radical (unpaired) electrons. The number of ketones is 1. The first-order valence-corrected chi connectivity index (χ1v) is 5.98. The number of Topliss-reactive ketones (excluding diaryl/α,β-unsaturated/α-hetero) is 1. The lowest BCUT2D eigenvalue weighted by Gasteiger charge is -2.11. The van der Waals surface area contributed by atoms with E-state index < -0.39 is 6.04 Å². The third-order valence-electron chi connectivity index (χ3n) is 2.73. The van der Waals surface area contributed by atoms with Crippen molar-refractivity contribution in [2.24, 2.45) is 5.73 Å². The second-order valence-electron chi connectivity index (χ2n) is 4.00. The number of hydrogen-bond acceptors (Lipinski definition) is 3. The van der Waals surface area contributed by atoms with Crippen molar-refractivity contribution in [3.8, 4) is 0 Å². The van der Waals surface area contributed by atoms with Crippen molar-refractivity contribution in [2.75, 3.05) is 0 Å². The number of carbonyl (C=O) groups excluding carboxylic acids is 1. The first-order valence-electron chi connectivity index (χ1n) is 5.60. The molecule has 2 rings (SSSR count). The van der Waals surface area contributed by atoms with E-state index in [0.29, 0.717) is 5.02 Å². The first kappa shape index (κ1) is 12.7. The Labute approximate surface area is 111 Å². The average Bonchev–Trinajstić information content (AvgIpc) is 2.41. The van der Waals surface area contributed by atoms with Crippen LogP contribution in [0.15, 0.2) is 48.8 Å². The van der Waals surface area contributed by atoms with Crippen molar-refractivity contribution in [1.82, 2.24) is 4.98 Å². The van der Waals surface area contributed by atoms with Crippen LogP contribution in [-0.2, 0) is 11.2 Å². The summed E-state index contributed by atoms with van der Waals surface area (Å²) in [6.07, 6.45) is 3.36. The zero-order valence-corrected chi connectivity index (χ0v) is 10.5. The molecule has 92 valence electrons. The molecule has 1 heterocycles. The minimum atomic E-state index is -0.615. The molecule has 2 aromatic rings. The van der Waals surface area contributed by atoms with E-state index in [4.69, 9.17) is 17.3 Å². The van der Waals surface area contributed by atoms with Crippen LogP contribution in [0.4, 0.5) is 0 Å². The first-order chi connectivity index (χ1) is 8.68. The molecule has 0 aliphatic heterocycles. The highest BCUT2D eigenvalue weighted by atomic mass is 35.5. The van der Waals surface area contributed by atoms with Crippen LogP contribution in [0.2, 0.25) is 5.02 Å². The van der Waals surface area contributed by atoms with Crippen LogP contribution < -0.4 is 5.73 Å². The van der Waals surface area contributed by atoms with Crippen LogP contribution in [-0.4, -0.2) is 10.8 Å². The molecule has 0 saturated carbocycles. The van der Waals surface area contributed by atoms with Crippen LogP contribution in [0, 0.1) is 0 Å². The van der Waals surface area contributed by atoms with Crippen LogP contribution in [0.25, 0.3) is 0 Å². The molecule has 0 spiro atoms. The van der Waals surface area contributed by atoms with E-state index in [9.17, 15) is 4.79 Å². The minimum absolute atomic E-state index is 0.0608. The number of halogens is 1. The average molecular weight is 261 g/mol. The van der Waals surface area contributed by atoms with Gasteiger partial charge in [0.05, 0.1) is 11.1 Å². The number of aromatic nitrogens is 1. The van der Waals surface area contributed by atoms with Crippen LogP contribution in [0.1, 0.15) is 17.2 Å². The fourth-order valence-corrected chi connectivity index (χ4v) is 1.88. The molecule has 0 fully saturated rings. The second kappa shape index (κ2) is 5.76. The molecule has 2 N–H and O–H groups in total. The molecule has 1 aromatic carbocycles. The quantitative estimate of drug-likeness (QED) is 0.919. The van der Waals surface area contributed by atoms with Gasteiger partial charge in [0.1, 0.15) is 0 Å². The van der Waals surface area contributed by atoms with Crippen molar-refractivity contribution < 1.29 is 4.79 Å². The second-order valence-corrected chi connectivity index (χ2v) is 4.41. The SMILES string of the molecule is N[C@@H](C(=O)Cc1ccncc1Cl)c1ccccc1. The number of nitrogens with two attached hydrogens (primary N) is 1. The molecule has 0 aliphatic rings. The predicted molar refractivity (Wildman–Crippen MR) is 71.3 cm³/mol. The minimum Gasteiger partial charge on any atom is -0.318 e. The highest BCUT2D eigenvalue weighted by Gasteiger charge is 2.16. The zero-order chi connectivity index (χ0) is 13.0. The lowest BCUT2D eigenvalue weighted by Crippen LogP contribution is -2.23. The molecule has 0 saturated heterocycles. The molecule has 0 aliphatic carbocycles. The molecule has 0 bridgehead atoms. The lowest BCUT2D eigenvalue weighted by atomic mass is 9.99. The zero-order valence-electron chi connectivity index (χ0n) is 9.71. The van der Waals surface area contributed by atoms with E-state index in [-0.39, 0.29) is 12.2 Å². The third-order valence-corrected chi connectivity index (χ3v) is 3.07. The maximum atomic E-state index is 12.1. The molecule has 0 amide bonds. The summed E-state index contributed by atoms with van der Waals surface area (Å²) in [6, 6.07) is 10.4. The lowest BCUT2D eigenvalue weighted by molar-refractivity contribution is -0.119. The Bertz CT molecular complexity index is 543. The summed E-state index contributed by atoms with van der Waals surface area (Å²) in [5, 5.41) is 0.492. The summed E-state index contributed by atoms with van der Waals surface area (Å²) in [5.41, 5.74) is 7.49. The molecule has 4 heteroatoms.